The van der Waals surface area contributed by atoms with Gasteiger partial charge in [0.2, 0.25) is 5.91 Å². The number of carbonyl (C=O) groups excluding carboxylic acids is 1. The molecule has 1 amide bonds. The fraction of sp³-hybridized carbons (Fsp3) is 0.562. The maximum atomic E-state index is 12.4. The van der Waals surface area contributed by atoms with E-state index in [0.717, 1.165) is 18.7 Å². The van der Waals surface area contributed by atoms with Crippen LogP contribution in [0.3, 0.4) is 0 Å². The van der Waals surface area contributed by atoms with Crippen LogP contribution in [0.4, 0.5) is 5.69 Å². The maximum absolute atomic E-state index is 12.4. The second kappa shape index (κ2) is 6.03. The number of hydrogen-bond acceptors (Lipinski definition) is 1. The highest BCUT2D eigenvalue weighted by Gasteiger charge is 2.22. The molecule has 98 valence electrons. The van der Waals surface area contributed by atoms with Gasteiger partial charge in [-0.3, -0.25) is 4.79 Å². The van der Waals surface area contributed by atoms with E-state index >= 15 is 0 Å². The van der Waals surface area contributed by atoms with Gasteiger partial charge in [-0.1, -0.05) is 31.0 Å². The summed E-state index contributed by atoms with van der Waals surface area (Å²) in [4.78, 5) is 14.3. The van der Waals surface area contributed by atoms with E-state index in [1.807, 2.05) is 23.1 Å². The minimum absolute atomic E-state index is 0.290. The second-order valence-electron chi connectivity index (χ2n) is 5.28. The summed E-state index contributed by atoms with van der Waals surface area (Å²) >= 11 is 0. The molecule has 0 spiro atoms. The van der Waals surface area contributed by atoms with Gasteiger partial charge in [0.05, 0.1) is 0 Å². The number of benzene rings is 1. The zero-order chi connectivity index (χ0) is 13.0. The Balaban J connectivity index is 2.08. The maximum Gasteiger partial charge on any atom is 0.227 e. The molecule has 1 aromatic carbocycles. The first-order valence-corrected chi connectivity index (χ1v) is 7.08. The van der Waals surface area contributed by atoms with Crippen molar-refractivity contribution < 1.29 is 4.79 Å². The Hall–Kier alpha value is -1.31. The van der Waals surface area contributed by atoms with Gasteiger partial charge in [-0.05, 0) is 44.2 Å². The summed E-state index contributed by atoms with van der Waals surface area (Å²) in [7, 11) is 0. The molecule has 1 aliphatic carbocycles. The first-order chi connectivity index (χ1) is 8.72. The number of para-hydroxylation sites is 1. The topological polar surface area (TPSA) is 20.3 Å². The smallest absolute Gasteiger partial charge is 0.227 e. The highest BCUT2D eigenvalue weighted by Crippen LogP contribution is 2.29. The molecule has 2 rings (SSSR count). The lowest BCUT2D eigenvalue weighted by Crippen LogP contribution is -2.32. The van der Waals surface area contributed by atoms with Gasteiger partial charge in [0, 0.05) is 18.7 Å². The zero-order valence-corrected chi connectivity index (χ0v) is 11.5. The fourth-order valence-corrected chi connectivity index (χ4v) is 2.92. The van der Waals surface area contributed by atoms with Crippen LogP contribution in [0.15, 0.2) is 24.3 Å². The van der Waals surface area contributed by atoms with Gasteiger partial charge >= 0.3 is 0 Å². The van der Waals surface area contributed by atoms with Crippen LogP contribution in [0, 0.1) is 12.8 Å². The van der Waals surface area contributed by atoms with E-state index in [-0.39, 0.29) is 0 Å². The Labute approximate surface area is 110 Å². The molecule has 0 heterocycles. The highest BCUT2D eigenvalue weighted by molar-refractivity contribution is 5.94. The molecule has 0 unspecified atom stereocenters. The third-order valence-corrected chi connectivity index (χ3v) is 3.96. The van der Waals surface area contributed by atoms with Gasteiger partial charge in [-0.2, -0.15) is 0 Å². The fourth-order valence-electron chi connectivity index (χ4n) is 2.92. The monoisotopic (exact) mass is 245 g/mol. The average Bonchev–Trinajstić information content (AvgIpc) is 2.85. The second-order valence-corrected chi connectivity index (χ2v) is 5.28. The molecule has 1 saturated carbocycles. The van der Waals surface area contributed by atoms with Crippen molar-refractivity contribution in [3.8, 4) is 0 Å². The van der Waals surface area contributed by atoms with Gasteiger partial charge in [0.25, 0.3) is 0 Å². The summed E-state index contributed by atoms with van der Waals surface area (Å²) in [5.41, 5.74) is 2.25. The van der Waals surface area contributed by atoms with E-state index in [1.54, 1.807) is 0 Å². The van der Waals surface area contributed by atoms with Gasteiger partial charge in [-0.15, -0.1) is 0 Å². The predicted molar refractivity (Wildman–Crippen MR) is 75.8 cm³/mol. The quantitative estimate of drug-likeness (QED) is 0.787. The minimum Gasteiger partial charge on any atom is -0.312 e. The van der Waals surface area contributed by atoms with Crippen molar-refractivity contribution in [1.82, 2.24) is 0 Å². The number of carbonyl (C=O) groups is 1. The van der Waals surface area contributed by atoms with Crippen LogP contribution in [0.25, 0.3) is 0 Å². The molecule has 1 aromatic rings. The summed E-state index contributed by atoms with van der Waals surface area (Å²) < 4.78 is 0. The van der Waals surface area contributed by atoms with Gasteiger partial charge in [0.15, 0.2) is 0 Å². The molecule has 2 nitrogen and oxygen atoms in total. The number of hydrogen-bond donors (Lipinski definition) is 0. The molecule has 0 bridgehead atoms. The standard InChI is InChI=1S/C16H23NO/c1-3-17(15-11-7-4-8-13(15)2)16(18)12-14-9-5-6-10-14/h4,7-8,11,14H,3,5-6,9-10,12H2,1-2H3. The molecule has 0 saturated heterocycles. The van der Waals surface area contributed by atoms with Crippen molar-refractivity contribution in [3.63, 3.8) is 0 Å². The molecule has 0 radical (unpaired) electrons. The molecule has 1 fully saturated rings. The Morgan fingerprint density at radius 1 is 1.28 bits per heavy atom. The first-order valence-electron chi connectivity index (χ1n) is 7.08. The summed E-state index contributed by atoms with van der Waals surface area (Å²) in [5.74, 6) is 0.911. The summed E-state index contributed by atoms with van der Waals surface area (Å²) in [6.45, 7) is 4.89. The SMILES string of the molecule is CCN(C(=O)CC1CCCC1)c1ccccc1C. The molecule has 18 heavy (non-hydrogen) atoms. The first kappa shape index (κ1) is 13.1. The van der Waals surface area contributed by atoms with Crippen molar-refractivity contribution in [2.45, 2.75) is 46.0 Å². The van der Waals surface area contributed by atoms with Gasteiger partial charge in [0.1, 0.15) is 0 Å². The molecular formula is C16H23NO. The predicted octanol–water partition coefficient (Wildman–Crippen LogP) is 3.93. The third-order valence-electron chi connectivity index (χ3n) is 3.96. The van der Waals surface area contributed by atoms with E-state index in [9.17, 15) is 4.79 Å². The molecule has 0 atom stereocenters. The number of aryl methyl sites for hydroxylation is 1. The third kappa shape index (κ3) is 2.92. The Kier molecular flexibility index (Phi) is 4.40. The van der Waals surface area contributed by atoms with Crippen LogP contribution in [0.2, 0.25) is 0 Å². The van der Waals surface area contributed by atoms with Crippen molar-refractivity contribution in [2.24, 2.45) is 5.92 Å². The molecule has 2 heteroatoms. The van der Waals surface area contributed by atoms with Crippen molar-refractivity contribution >= 4 is 11.6 Å². The number of nitrogens with zero attached hydrogens (tertiary/aromatic N) is 1. The number of anilines is 1. The number of amides is 1. The van der Waals surface area contributed by atoms with E-state index in [1.165, 1.54) is 31.2 Å². The lowest BCUT2D eigenvalue weighted by molar-refractivity contribution is -0.119. The summed E-state index contributed by atoms with van der Waals surface area (Å²) in [6, 6.07) is 8.15. The van der Waals surface area contributed by atoms with E-state index in [4.69, 9.17) is 0 Å². The molecule has 0 aromatic heterocycles. The Bertz CT molecular complexity index is 407. The average molecular weight is 245 g/mol. The molecule has 0 aliphatic heterocycles. The Morgan fingerprint density at radius 3 is 2.56 bits per heavy atom. The van der Waals surface area contributed by atoms with E-state index in [0.29, 0.717) is 11.8 Å². The normalized spacial score (nSPS) is 15.9. The lowest BCUT2D eigenvalue weighted by Gasteiger charge is -2.24. The van der Waals surface area contributed by atoms with Crippen LogP contribution in [0.5, 0.6) is 0 Å². The Morgan fingerprint density at radius 2 is 1.94 bits per heavy atom. The van der Waals surface area contributed by atoms with Gasteiger partial charge in [-0.25, -0.2) is 0 Å². The van der Waals surface area contributed by atoms with Crippen LogP contribution in [0.1, 0.15) is 44.6 Å². The highest BCUT2D eigenvalue weighted by atomic mass is 16.2. The summed E-state index contributed by atoms with van der Waals surface area (Å²) in [5, 5.41) is 0. The lowest BCUT2D eigenvalue weighted by atomic mass is 10.0. The molecular weight excluding hydrogens is 222 g/mol. The molecule has 1 aliphatic rings. The van der Waals surface area contributed by atoms with Crippen molar-refractivity contribution in [3.05, 3.63) is 29.8 Å². The van der Waals surface area contributed by atoms with Crippen LogP contribution >= 0.6 is 0 Å². The van der Waals surface area contributed by atoms with Crippen LogP contribution in [-0.4, -0.2) is 12.5 Å². The minimum atomic E-state index is 0.290. The largest absolute Gasteiger partial charge is 0.312 e. The van der Waals surface area contributed by atoms with Crippen LogP contribution < -0.4 is 4.90 Å². The summed E-state index contributed by atoms with van der Waals surface area (Å²) in [6.07, 6.45) is 5.79. The zero-order valence-electron chi connectivity index (χ0n) is 11.5. The van der Waals surface area contributed by atoms with Crippen LogP contribution in [-0.2, 0) is 4.79 Å². The number of rotatable bonds is 4. The molecule has 0 N–H and O–H groups in total. The van der Waals surface area contributed by atoms with E-state index in [2.05, 4.69) is 19.9 Å². The van der Waals surface area contributed by atoms with Gasteiger partial charge < -0.3 is 4.90 Å². The van der Waals surface area contributed by atoms with Crippen molar-refractivity contribution in [2.75, 3.05) is 11.4 Å². The van der Waals surface area contributed by atoms with E-state index < -0.39 is 0 Å². The van der Waals surface area contributed by atoms with Crippen molar-refractivity contribution in [1.29, 1.82) is 0 Å².